The molecule has 3 aromatic rings. The fourth-order valence-electron chi connectivity index (χ4n) is 2.13. The number of imidazole rings is 1. The summed E-state index contributed by atoms with van der Waals surface area (Å²) in [4.78, 5) is 4.60. The highest BCUT2D eigenvalue weighted by atomic mass is 127. The van der Waals surface area contributed by atoms with Gasteiger partial charge in [0.25, 0.3) is 0 Å². The third kappa shape index (κ3) is 2.47. The molecule has 6 heteroatoms. The van der Waals surface area contributed by atoms with E-state index in [1.54, 1.807) is 0 Å². The van der Waals surface area contributed by atoms with Gasteiger partial charge in [0.15, 0.2) is 0 Å². The van der Waals surface area contributed by atoms with Gasteiger partial charge in [-0.2, -0.15) is 0 Å². The summed E-state index contributed by atoms with van der Waals surface area (Å²) in [6.07, 6.45) is 0. The molecule has 3 rings (SSSR count). The van der Waals surface area contributed by atoms with Crippen LogP contribution in [0.4, 0.5) is 0 Å². The molecule has 1 aromatic heterocycles. The van der Waals surface area contributed by atoms with E-state index in [1.807, 2.05) is 34.9 Å². The van der Waals surface area contributed by atoms with Crippen LogP contribution in [0.15, 0.2) is 40.9 Å². The van der Waals surface area contributed by atoms with Crippen molar-refractivity contribution in [1.82, 2.24) is 9.55 Å². The Morgan fingerprint density at radius 3 is 2.80 bits per heavy atom. The van der Waals surface area contributed by atoms with Crippen molar-refractivity contribution in [2.24, 2.45) is 0 Å². The van der Waals surface area contributed by atoms with Gasteiger partial charge in [-0.1, -0.05) is 17.7 Å². The first-order valence-corrected chi connectivity index (χ1v) is 8.57. The van der Waals surface area contributed by atoms with Crippen molar-refractivity contribution >= 4 is 72.8 Å². The third-order valence-electron chi connectivity index (χ3n) is 2.98. The summed E-state index contributed by atoms with van der Waals surface area (Å²) < 4.78 is 4.02. The van der Waals surface area contributed by atoms with Gasteiger partial charge in [-0.15, -0.1) is 11.6 Å². The summed E-state index contributed by atoms with van der Waals surface area (Å²) >= 11 is 18.1. The number of alkyl halides is 1. The monoisotopic (exact) mass is 480 g/mol. The van der Waals surface area contributed by atoms with Crippen molar-refractivity contribution in [2.45, 2.75) is 5.88 Å². The standard InChI is InChI=1S/C14H8BrCl2IN2/c15-14-9(17)2-1-3-12(14)20-11-5-4-8(18)6-10(11)19-13(20)7-16/h1-6H,7H2. The predicted octanol–water partition coefficient (Wildman–Crippen LogP) is 5.78. The van der Waals surface area contributed by atoms with Crippen LogP contribution in [0.25, 0.3) is 16.7 Å². The minimum Gasteiger partial charge on any atom is -0.294 e. The lowest BCUT2D eigenvalue weighted by Crippen LogP contribution is -2.00. The number of hydrogen-bond acceptors (Lipinski definition) is 1. The Balaban J connectivity index is 2.37. The molecule has 1 heterocycles. The molecule has 0 fully saturated rings. The maximum absolute atomic E-state index is 6.19. The summed E-state index contributed by atoms with van der Waals surface area (Å²) in [5.74, 6) is 1.14. The van der Waals surface area contributed by atoms with Gasteiger partial charge in [0.2, 0.25) is 0 Å². The summed E-state index contributed by atoms with van der Waals surface area (Å²) in [6.45, 7) is 0. The minimum atomic E-state index is 0.338. The largest absolute Gasteiger partial charge is 0.294 e. The van der Waals surface area contributed by atoms with Gasteiger partial charge in [0.1, 0.15) is 5.82 Å². The van der Waals surface area contributed by atoms with E-state index in [1.165, 1.54) is 0 Å². The number of rotatable bonds is 2. The molecular formula is C14H8BrCl2IN2. The Hall–Kier alpha value is -0.300. The molecule has 0 aliphatic carbocycles. The van der Waals surface area contributed by atoms with Gasteiger partial charge in [0.05, 0.1) is 32.1 Å². The summed E-state index contributed by atoms with van der Waals surface area (Å²) in [5.41, 5.74) is 2.89. The van der Waals surface area contributed by atoms with Crippen molar-refractivity contribution in [3.63, 3.8) is 0 Å². The molecule has 0 unspecified atom stereocenters. The zero-order valence-electron chi connectivity index (χ0n) is 10.1. The van der Waals surface area contributed by atoms with E-state index in [4.69, 9.17) is 23.2 Å². The van der Waals surface area contributed by atoms with Gasteiger partial charge in [0, 0.05) is 3.57 Å². The van der Waals surface area contributed by atoms with Gasteiger partial charge in [-0.3, -0.25) is 4.57 Å². The first-order chi connectivity index (χ1) is 9.61. The molecule has 0 amide bonds. The van der Waals surface area contributed by atoms with Gasteiger partial charge < -0.3 is 0 Å². The van der Waals surface area contributed by atoms with Crippen LogP contribution in [-0.2, 0) is 5.88 Å². The second kappa shape index (κ2) is 5.83. The Morgan fingerprint density at radius 2 is 2.05 bits per heavy atom. The van der Waals surface area contributed by atoms with Crippen LogP contribution < -0.4 is 0 Å². The highest BCUT2D eigenvalue weighted by Crippen LogP contribution is 2.32. The maximum Gasteiger partial charge on any atom is 0.129 e. The number of aromatic nitrogens is 2. The lowest BCUT2D eigenvalue weighted by molar-refractivity contribution is 0.977. The molecule has 0 saturated carbocycles. The SMILES string of the molecule is ClCc1nc2cc(I)ccc2n1-c1cccc(Cl)c1Br. The third-order valence-corrected chi connectivity index (χ3v) is 5.26. The normalized spacial score (nSPS) is 11.2. The zero-order chi connectivity index (χ0) is 14.3. The van der Waals surface area contributed by atoms with E-state index in [9.17, 15) is 0 Å². The van der Waals surface area contributed by atoms with E-state index in [-0.39, 0.29) is 0 Å². The maximum atomic E-state index is 6.19. The smallest absolute Gasteiger partial charge is 0.129 e. The summed E-state index contributed by atoms with van der Waals surface area (Å²) in [7, 11) is 0. The van der Waals surface area contributed by atoms with E-state index >= 15 is 0 Å². The van der Waals surface area contributed by atoms with Crippen LogP contribution in [-0.4, -0.2) is 9.55 Å². The van der Waals surface area contributed by atoms with Crippen LogP contribution in [0.5, 0.6) is 0 Å². The van der Waals surface area contributed by atoms with Crippen LogP contribution in [0.3, 0.4) is 0 Å². The second-order valence-corrected chi connectivity index (χ2v) is 6.92. The molecular weight excluding hydrogens is 474 g/mol. The Labute approximate surface area is 148 Å². The first kappa shape index (κ1) is 14.6. The topological polar surface area (TPSA) is 17.8 Å². The molecule has 2 aromatic carbocycles. The molecule has 20 heavy (non-hydrogen) atoms. The van der Waals surface area contributed by atoms with Crippen LogP contribution in [0, 0.1) is 3.57 Å². The Kier molecular flexibility index (Phi) is 4.26. The molecule has 0 atom stereocenters. The number of halogens is 4. The lowest BCUT2D eigenvalue weighted by atomic mass is 10.3. The molecule has 0 bridgehead atoms. The summed E-state index contributed by atoms with van der Waals surface area (Å²) in [5, 5.41) is 0.662. The van der Waals surface area contributed by atoms with Crippen molar-refractivity contribution < 1.29 is 0 Å². The highest BCUT2D eigenvalue weighted by Gasteiger charge is 2.15. The molecule has 2 nitrogen and oxygen atoms in total. The van der Waals surface area contributed by atoms with E-state index in [0.29, 0.717) is 10.9 Å². The molecule has 0 spiro atoms. The number of hydrogen-bond donors (Lipinski definition) is 0. The van der Waals surface area contributed by atoms with Crippen LogP contribution in [0.2, 0.25) is 5.02 Å². The van der Waals surface area contributed by atoms with Crippen molar-refractivity contribution in [1.29, 1.82) is 0 Å². The fraction of sp³-hybridized carbons (Fsp3) is 0.0714. The molecule has 0 N–H and O–H groups in total. The predicted molar refractivity (Wildman–Crippen MR) is 96.1 cm³/mol. The second-order valence-electron chi connectivity index (χ2n) is 4.20. The van der Waals surface area contributed by atoms with Gasteiger partial charge in [-0.25, -0.2) is 4.98 Å². The zero-order valence-corrected chi connectivity index (χ0v) is 15.3. The number of benzene rings is 2. The van der Waals surface area contributed by atoms with Crippen LogP contribution >= 0.6 is 61.7 Å². The minimum absolute atomic E-state index is 0.338. The lowest BCUT2D eigenvalue weighted by Gasteiger charge is -2.11. The Morgan fingerprint density at radius 1 is 1.25 bits per heavy atom. The molecule has 0 saturated heterocycles. The number of nitrogens with zero attached hydrogens (tertiary/aromatic N) is 2. The molecule has 0 radical (unpaired) electrons. The van der Waals surface area contributed by atoms with Gasteiger partial charge in [-0.05, 0) is 68.9 Å². The van der Waals surface area contributed by atoms with Crippen molar-refractivity contribution in [2.75, 3.05) is 0 Å². The Bertz CT molecular complexity index is 801. The van der Waals surface area contributed by atoms with E-state index in [2.05, 4.69) is 49.6 Å². The molecule has 0 aliphatic heterocycles. The van der Waals surface area contributed by atoms with E-state index in [0.717, 1.165) is 30.6 Å². The molecule has 102 valence electrons. The quantitative estimate of drug-likeness (QED) is 0.335. The fourth-order valence-corrected chi connectivity index (χ4v) is 3.39. The van der Waals surface area contributed by atoms with Crippen molar-refractivity contribution in [3.8, 4) is 5.69 Å². The average Bonchev–Trinajstić information content (AvgIpc) is 2.79. The number of fused-ring (bicyclic) bond motifs is 1. The highest BCUT2D eigenvalue weighted by molar-refractivity contribution is 14.1. The average molecular weight is 482 g/mol. The van der Waals surface area contributed by atoms with Crippen LogP contribution in [0.1, 0.15) is 5.82 Å². The van der Waals surface area contributed by atoms with Gasteiger partial charge >= 0.3 is 0 Å². The van der Waals surface area contributed by atoms with E-state index < -0.39 is 0 Å². The van der Waals surface area contributed by atoms with Crippen molar-refractivity contribution in [3.05, 3.63) is 55.3 Å². The summed E-state index contributed by atoms with van der Waals surface area (Å²) in [6, 6.07) is 11.9. The molecule has 0 aliphatic rings. The first-order valence-electron chi connectivity index (χ1n) is 5.79.